The van der Waals surface area contributed by atoms with Crippen LogP contribution in [-0.2, 0) is 35.3 Å². The number of imidazole rings is 1. The van der Waals surface area contributed by atoms with Crippen LogP contribution in [0.4, 0.5) is 6.01 Å². The highest BCUT2D eigenvalue weighted by Gasteiger charge is 2.20. The maximum Gasteiger partial charge on any atom is 0.332 e. The Kier molecular flexibility index (Phi) is 5.00. The van der Waals surface area contributed by atoms with Gasteiger partial charge in [-0.3, -0.25) is 24.0 Å². The number of fused-ring (bicyclic) bond motifs is 1. The molecule has 1 N–H and O–H groups in total. The van der Waals surface area contributed by atoms with Crippen LogP contribution >= 0.6 is 0 Å². The van der Waals surface area contributed by atoms with Crippen molar-refractivity contribution in [3.63, 3.8) is 0 Å². The lowest BCUT2D eigenvalue weighted by Gasteiger charge is -2.06. The molecule has 0 bridgehead atoms. The molecule has 0 atom stereocenters. The van der Waals surface area contributed by atoms with Crippen molar-refractivity contribution in [1.29, 1.82) is 0 Å². The number of sulfone groups is 1. The number of carbonyl (C=O) groups is 1. The van der Waals surface area contributed by atoms with Crippen LogP contribution in [0.15, 0.2) is 49.5 Å². The van der Waals surface area contributed by atoms with E-state index in [1.165, 1.54) is 41.7 Å². The third-order valence-corrected chi connectivity index (χ3v) is 5.87. The topological polar surface area (TPSA) is 164 Å². The summed E-state index contributed by atoms with van der Waals surface area (Å²) >= 11 is 0. The van der Waals surface area contributed by atoms with Crippen LogP contribution in [0, 0.1) is 0 Å². The van der Waals surface area contributed by atoms with E-state index >= 15 is 0 Å². The fourth-order valence-corrected chi connectivity index (χ4v) is 4.06. The van der Waals surface area contributed by atoms with Gasteiger partial charge >= 0.3 is 11.7 Å². The van der Waals surface area contributed by atoms with E-state index in [0.717, 1.165) is 10.8 Å². The molecule has 0 aliphatic rings. The van der Waals surface area contributed by atoms with Gasteiger partial charge in [0.2, 0.25) is 5.91 Å². The van der Waals surface area contributed by atoms with Crippen LogP contribution < -0.4 is 16.6 Å². The van der Waals surface area contributed by atoms with Gasteiger partial charge in [-0.15, -0.1) is 5.10 Å². The number of anilines is 1. The molecule has 0 unspecified atom stereocenters. The van der Waals surface area contributed by atoms with E-state index in [0.29, 0.717) is 0 Å². The van der Waals surface area contributed by atoms with Gasteiger partial charge in [0.25, 0.3) is 11.4 Å². The number of rotatable bonds is 5. The Hall–Kier alpha value is -4.07. The Morgan fingerprint density at radius 1 is 1.12 bits per heavy atom. The Labute approximate surface area is 179 Å². The second-order valence-corrected chi connectivity index (χ2v) is 8.96. The van der Waals surface area contributed by atoms with E-state index in [1.54, 1.807) is 12.1 Å². The normalized spacial score (nSPS) is 11.7. The Morgan fingerprint density at radius 2 is 1.84 bits per heavy atom. The largest absolute Gasteiger partial charge is 0.403 e. The Balaban J connectivity index is 1.60. The molecule has 0 fully saturated rings. The fraction of sp³-hybridized carbons (Fsp3) is 0.222. The van der Waals surface area contributed by atoms with Crippen LogP contribution in [-0.4, -0.2) is 49.5 Å². The molecule has 166 valence electrons. The van der Waals surface area contributed by atoms with Gasteiger partial charge in [-0.25, -0.2) is 18.2 Å². The zero-order valence-corrected chi connectivity index (χ0v) is 18.0. The summed E-state index contributed by atoms with van der Waals surface area (Å²) in [6.45, 7) is -0.318. The molecule has 1 amide bonds. The number of carbonyl (C=O) groups excluding carboxylic acids is 1. The van der Waals surface area contributed by atoms with Crippen LogP contribution in [0.1, 0.15) is 0 Å². The second-order valence-electron chi connectivity index (χ2n) is 6.98. The highest BCUT2D eigenvalue weighted by atomic mass is 32.2. The van der Waals surface area contributed by atoms with Gasteiger partial charge in [0.1, 0.15) is 6.54 Å². The van der Waals surface area contributed by atoms with E-state index in [1.807, 2.05) is 0 Å². The lowest BCUT2D eigenvalue weighted by atomic mass is 10.2. The molecule has 0 spiro atoms. The predicted molar refractivity (Wildman–Crippen MR) is 112 cm³/mol. The molecular formula is C18H17N7O6S. The molecule has 3 heterocycles. The van der Waals surface area contributed by atoms with E-state index in [9.17, 15) is 22.8 Å². The van der Waals surface area contributed by atoms with Crippen LogP contribution in [0.3, 0.4) is 0 Å². The minimum absolute atomic E-state index is 0.00729. The van der Waals surface area contributed by atoms with Gasteiger partial charge < -0.3 is 8.98 Å². The van der Waals surface area contributed by atoms with Crippen molar-refractivity contribution in [2.45, 2.75) is 11.4 Å². The first-order valence-electron chi connectivity index (χ1n) is 9.11. The zero-order chi connectivity index (χ0) is 23.2. The van der Waals surface area contributed by atoms with Crippen molar-refractivity contribution >= 4 is 32.9 Å². The van der Waals surface area contributed by atoms with Crippen LogP contribution in [0.25, 0.3) is 22.6 Å². The number of benzene rings is 1. The average Bonchev–Trinajstić information content (AvgIpc) is 3.37. The van der Waals surface area contributed by atoms with Gasteiger partial charge in [0.15, 0.2) is 21.0 Å². The third kappa shape index (κ3) is 3.60. The number of amides is 1. The fourth-order valence-electron chi connectivity index (χ4n) is 3.18. The van der Waals surface area contributed by atoms with Gasteiger partial charge in [0, 0.05) is 20.4 Å². The molecule has 3 aromatic heterocycles. The maximum absolute atomic E-state index is 12.5. The summed E-state index contributed by atoms with van der Waals surface area (Å²) in [5.74, 6) is -0.690. The van der Waals surface area contributed by atoms with Crippen LogP contribution in [0.5, 0.6) is 0 Å². The van der Waals surface area contributed by atoms with E-state index in [2.05, 4.69) is 20.5 Å². The molecule has 32 heavy (non-hydrogen) atoms. The quantitative estimate of drug-likeness (QED) is 0.415. The molecule has 0 saturated heterocycles. The zero-order valence-electron chi connectivity index (χ0n) is 17.1. The van der Waals surface area contributed by atoms with Crippen molar-refractivity contribution < 1.29 is 17.6 Å². The molecule has 13 nitrogen and oxygen atoms in total. The number of hydrogen-bond acceptors (Lipinski definition) is 9. The summed E-state index contributed by atoms with van der Waals surface area (Å²) in [6, 6.07) is 5.84. The molecule has 4 aromatic rings. The maximum atomic E-state index is 12.5. The van der Waals surface area contributed by atoms with Crippen molar-refractivity contribution in [3.8, 4) is 11.5 Å². The molecule has 0 radical (unpaired) electrons. The van der Waals surface area contributed by atoms with Crippen molar-refractivity contribution in [2.75, 3.05) is 11.6 Å². The highest BCUT2D eigenvalue weighted by molar-refractivity contribution is 7.90. The van der Waals surface area contributed by atoms with Gasteiger partial charge in [-0.05, 0) is 12.1 Å². The van der Waals surface area contributed by atoms with E-state index in [4.69, 9.17) is 4.42 Å². The number of nitrogens with zero attached hydrogens (tertiary/aromatic N) is 6. The van der Waals surface area contributed by atoms with Gasteiger partial charge in [-0.1, -0.05) is 17.2 Å². The monoisotopic (exact) mass is 459 g/mol. The van der Waals surface area contributed by atoms with Crippen molar-refractivity contribution in [3.05, 3.63) is 51.4 Å². The van der Waals surface area contributed by atoms with Gasteiger partial charge in [0.05, 0.1) is 16.8 Å². The smallest absolute Gasteiger partial charge is 0.332 e. The Bertz CT molecular complexity index is 1590. The lowest BCUT2D eigenvalue weighted by molar-refractivity contribution is -0.116. The number of aromatic nitrogens is 6. The summed E-state index contributed by atoms with van der Waals surface area (Å²) in [5.41, 5.74) is -0.703. The first kappa shape index (κ1) is 21.2. The molecular weight excluding hydrogens is 442 g/mol. The number of hydrogen-bond donors (Lipinski definition) is 1. The SMILES string of the molecule is Cn1c(=O)c2c(ncn2CC(=O)Nc2nnc(-c3ccccc3S(C)(=O)=O)o2)n(C)c1=O. The van der Waals surface area contributed by atoms with Gasteiger partial charge in [-0.2, -0.15) is 0 Å². The summed E-state index contributed by atoms with van der Waals surface area (Å²) in [5, 5.41) is 9.93. The third-order valence-electron chi connectivity index (χ3n) is 4.72. The Morgan fingerprint density at radius 3 is 2.56 bits per heavy atom. The second kappa shape index (κ2) is 7.56. The average molecular weight is 459 g/mol. The molecule has 1 aromatic carbocycles. The summed E-state index contributed by atoms with van der Waals surface area (Å²) in [7, 11) is -0.749. The number of aryl methyl sites for hydroxylation is 1. The summed E-state index contributed by atoms with van der Waals surface area (Å²) in [4.78, 5) is 41.0. The molecule has 0 saturated carbocycles. The predicted octanol–water partition coefficient (Wildman–Crippen LogP) is -0.474. The number of nitrogens with one attached hydrogen (secondary N) is 1. The highest BCUT2D eigenvalue weighted by Crippen LogP contribution is 2.27. The summed E-state index contributed by atoms with van der Waals surface area (Å²) in [6.07, 6.45) is 2.33. The minimum Gasteiger partial charge on any atom is -0.403 e. The summed E-state index contributed by atoms with van der Waals surface area (Å²) < 4.78 is 32.8. The van der Waals surface area contributed by atoms with E-state index in [-0.39, 0.29) is 40.1 Å². The molecule has 14 heteroatoms. The molecule has 0 aliphatic carbocycles. The standard InChI is InChI=1S/C18H17N7O6S/c1-23-14-13(16(27)24(2)18(23)28)25(9-19-14)8-12(26)20-17-22-21-15(31-17)10-6-4-5-7-11(10)32(3,29)30/h4-7,9H,8H2,1-3H3,(H,20,22,26). The van der Waals surface area contributed by atoms with Crippen LogP contribution in [0.2, 0.25) is 0 Å². The van der Waals surface area contributed by atoms with Crippen molar-refractivity contribution in [2.24, 2.45) is 14.1 Å². The van der Waals surface area contributed by atoms with E-state index < -0.39 is 27.0 Å². The van der Waals surface area contributed by atoms with Crippen molar-refractivity contribution in [1.82, 2.24) is 28.9 Å². The minimum atomic E-state index is -3.55. The first-order chi connectivity index (χ1) is 15.1. The lowest BCUT2D eigenvalue weighted by Crippen LogP contribution is -2.37. The molecule has 4 rings (SSSR count). The molecule has 0 aliphatic heterocycles. The first-order valence-corrected chi connectivity index (χ1v) is 11.0.